The molecule has 1 aliphatic carbocycles. The maximum absolute atomic E-state index is 6.11. The zero-order chi connectivity index (χ0) is 15.9. The van der Waals surface area contributed by atoms with Gasteiger partial charge in [-0.3, -0.25) is 0 Å². The Morgan fingerprint density at radius 1 is 1.08 bits per heavy atom. The largest absolute Gasteiger partial charge is 0.370 e. The van der Waals surface area contributed by atoms with E-state index in [1.807, 2.05) is 0 Å². The molecule has 0 atom stereocenters. The third-order valence-electron chi connectivity index (χ3n) is 4.85. The lowest BCUT2D eigenvalue weighted by atomic mass is 10.1. The number of nitrogens with zero attached hydrogens (tertiary/aromatic N) is 3. The summed E-state index contributed by atoms with van der Waals surface area (Å²) in [6.45, 7) is 2.51. The number of anilines is 1. The van der Waals surface area contributed by atoms with E-state index in [-0.39, 0.29) is 6.10 Å². The Hall–Kier alpha value is -1.98. The molecule has 0 radical (unpaired) electrons. The summed E-state index contributed by atoms with van der Waals surface area (Å²) in [5.41, 5.74) is 1.26. The molecule has 0 spiro atoms. The summed E-state index contributed by atoms with van der Waals surface area (Å²) in [6, 6.07) is 14.9. The predicted octanol–water partition coefficient (Wildman–Crippen LogP) is 3.97. The lowest BCUT2D eigenvalue weighted by Crippen LogP contribution is -2.52. The Kier molecular flexibility index (Phi) is 3.49. The molecule has 1 aliphatic heterocycles. The Bertz CT molecular complexity index is 862. The molecule has 5 rings (SSSR count). The first kappa shape index (κ1) is 14.4. The summed E-state index contributed by atoms with van der Waals surface area (Å²) in [6.07, 6.45) is 2.80. The second kappa shape index (κ2) is 5.83. The van der Waals surface area contributed by atoms with Crippen molar-refractivity contribution in [2.45, 2.75) is 31.5 Å². The summed E-state index contributed by atoms with van der Waals surface area (Å²) in [5, 5.41) is 3.62. The minimum atomic E-state index is 0.289. The monoisotopic (exact) mass is 337 g/mol. The van der Waals surface area contributed by atoms with Gasteiger partial charge in [0.05, 0.1) is 12.7 Å². The van der Waals surface area contributed by atoms with Gasteiger partial charge in [-0.25, -0.2) is 4.98 Å². The summed E-state index contributed by atoms with van der Waals surface area (Å²) in [7, 11) is 0. The van der Waals surface area contributed by atoms with Crippen molar-refractivity contribution < 1.29 is 4.74 Å². The van der Waals surface area contributed by atoms with Crippen LogP contribution in [0.5, 0.6) is 0 Å². The molecule has 4 nitrogen and oxygen atoms in total. The number of rotatable bonds is 5. The smallest absolute Gasteiger partial charge is 0.205 e. The van der Waals surface area contributed by atoms with Crippen LogP contribution in [0.4, 0.5) is 5.13 Å². The van der Waals surface area contributed by atoms with E-state index in [2.05, 4.69) is 56.7 Å². The molecule has 3 aromatic rings. The van der Waals surface area contributed by atoms with Gasteiger partial charge < -0.3 is 9.64 Å². The van der Waals surface area contributed by atoms with Crippen molar-refractivity contribution in [2.75, 3.05) is 18.0 Å². The molecule has 2 aromatic carbocycles. The fraction of sp³-hybridized carbons (Fsp3) is 0.368. The highest BCUT2D eigenvalue weighted by Crippen LogP contribution is 2.40. The number of fused-ring (bicyclic) bond motifs is 1. The Morgan fingerprint density at radius 3 is 2.79 bits per heavy atom. The van der Waals surface area contributed by atoms with Crippen molar-refractivity contribution in [3.8, 4) is 0 Å². The minimum absolute atomic E-state index is 0.289. The lowest BCUT2D eigenvalue weighted by molar-refractivity contribution is 0.0230. The Labute approximate surface area is 145 Å². The van der Waals surface area contributed by atoms with Gasteiger partial charge in [0.2, 0.25) is 5.13 Å². The number of hydrogen-bond donors (Lipinski definition) is 0. The number of ether oxygens (including phenoxy) is 1. The highest BCUT2D eigenvalue weighted by Gasteiger charge is 2.33. The number of hydrogen-bond acceptors (Lipinski definition) is 5. The van der Waals surface area contributed by atoms with Crippen molar-refractivity contribution in [2.24, 2.45) is 0 Å². The van der Waals surface area contributed by atoms with E-state index in [1.165, 1.54) is 40.7 Å². The predicted molar refractivity (Wildman–Crippen MR) is 96.6 cm³/mol. The number of benzene rings is 2. The van der Waals surface area contributed by atoms with Gasteiger partial charge in [0.1, 0.15) is 5.82 Å². The van der Waals surface area contributed by atoms with Crippen LogP contribution in [0, 0.1) is 0 Å². The van der Waals surface area contributed by atoms with E-state index in [0.29, 0.717) is 12.5 Å². The van der Waals surface area contributed by atoms with Crippen molar-refractivity contribution in [1.29, 1.82) is 0 Å². The van der Waals surface area contributed by atoms with Crippen molar-refractivity contribution in [1.82, 2.24) is 9.36 Å². The molecule has 122 valence electrons. The first-order chi connectivity index (χ1) is 11.9. The van der Waals surface area contributed by atoms with Gasteiger partial charge in [0, 0.05) is 30.5 Å². The third kappa shape index (κ3) is 2.68. The molecule has 1 saturated heterocycles. The van der Waals surface area contributed by atoms with Crippen LogP contribution in [-0.2, 0) is 11.3 Å². The quantitative estimate of drug-likeness (QED) is 0.706. The van der Waals surface area contributed by atoms with Gasteiger partial charge >= 0.3 is 0 Å². The summed E-state index contributed by atoms with van der Waals surface area (Å²) in [4.78, 5) is 6.94. The van der Waals surface area contributed by atoms with E-state index in [4.69, 9.17) is 4.74 Å². The zero-order valence-corrected chi connectivity index (χ0v) is 14.2. The minimum Gasteiger partial charge on any atom is -0.370 e. The van der Waals surface area contributed by atoms with E-state index < -0.39 is 0 Å². The van der Waals surface area contributed by atoms with Crippen molar-refractivity contribution in [3.05, 3.63) is 53.9 Å². The van der Waals surface area contributed by atoms with Crippen LogP contribution >= 0.6 is 11.5 Å². The molecule has 1 saturated carbocycles. The summed E-state index contributed by atoms with van der Waals surface area (Å²) in [5.74, 6) is 1.69. The lowest BCUT2D eigenvalue weighted by Gasteiger charge is -2.38. The molecule has 5 heteroatoms. The maximum Gasteiger partial charge on any atom is 0.205 e. The van der Waals surface area contributed by atoms with Crippen LogP contribution in [0.15, 0.2) is 42.5 Å². The highest BCUT2D eigenvalue weighted by molar-refractivity contribution is 7.09. The van der Waals surface area contributed by atoms with Gasteiger partial charge in [0.25, 0.3) is 0 Å². The molecule has 1 aromatic heterocycles. The Morgan fingerprint density at radius 2 is 1.92 bits per heavy atom. The van der Waals surface area contributed by atoms with Gasteiger partial charge in [-0.1, -0.05) is 42.5 Å². The van der Waals surface area contributed by atoms with Crippen molar-refractivity contribution >= 4 is 27.4 Å². The van der Waals surface area contributed by atoms with E-state index in [1.54, 1.807) is 0 Å². The first-order valence-electron chi connectivity index (χ1n) is 8.53. The molecule has 0 unspecified atom stereocenters. The SMILES string of the molecule is c1ccc2c(COC3CN(c4nc(C5CC5)ns4)C3)cccc2c1. The molecule has 24 heavy (non-hydrogen) atoms. The van der Waals surface area contributed by atoms with Crippen LogP contribution in [0.1, 0.15) is 30.1 Å². The topological polar surface area (TPSA) is 38.2 Å². The van der Waals surface area contributed by atoms with Crippen LogP contribution < -0.4 is 4.90 Å². The highest BCUT2D eigenvalue weighted by atomic mass is 32.1. The van der Waals surface area contributed by atoms with Crippen LogP contribution in [-0.4, -0.2) is 28.6 Å². The molecule has 2 heterocycles. The second-order valence-corrected chi connectivity index (χ2v) is 7.42. The fourth-order valence-electron chi connectivity index (χ4n) is 3.19. The van der Waals surface area contributed by atoms with Gasteiger partial charge in [-0.05, 0) is 29.2 Å². The number of aromatic nitrogens is 2. The molecule has 2 fully saturated rings. The Balaban J connectivity index is 1.19. The molecule has 0 amide bonds. The van der Waals surface area contributed by atoms with Gasteiger partial charge in [-0.2, -0.15) is 4.37 Å². The molecule has 0 bridgehead atoms. The van der Waals surface area contributed by atoms with Crippen LogP contribution in [0.2, 0.25) is 0 Å². The fourth-order valence-corrected chi connectivity index (χ4v) is 3.95. The third-order valence-corrected chi connectivity index (χ3v) is 5.64. The second-order valence-electron chi connectivity index (χ2n) is 6.69. The first-order valence-corrected chi connectivity index (χ1v) is 9.31. The zero-order valence-electron chi connectivity index (χ0n) is 13.4. The maximum atomic E-state index is 6.11. The van der Waals surface area contributed by atoms with Gasteiger partial charge in [0.15, 0.2) is 0 Å². The normalized spacial score (nSPS) is 18.1. The van der Waals surface area contributed by atoms with Crippen molar-refractivity contribution in [3.63, 3.8) is 0 Å². The standard InChI is InChI=1S/C19H19N3OS/c1-2-7-17-13(4-1)5-3-6-15(17)12-23-16-10-22(11-16)19-20-18(21-24-19)14-8-9-14/h1-7,14,16H,8-12H2. The molecule has 0 N–H and O–H groups in total. The average molecular weight is 337 g/mol. The van der Waals surface area contributed by atoms with Gasteiger partial charge in [-0.15, -0.1) is 0 Å². The van der Waals surface area contributed by atoms with Crippen LogP contribution in [0.3, 0.4) is 0 Å². The molecular weight excluding hydrogens is 318 g/mol. The van der Waals surface area contributed by atoms with E-state index in [0.717, 1.165) is 24.0 Å². The summed E-state index contributed by atoms with van der Waals surface area (Å²) < 4.78 is 10.6. The molecular formula is C19H19N3OS. The van der Waals surface area contributed by atoms with Crippen LogP contribution in [0.25, 0.3) is 10.8 Å². The van der Waals surface area contributed by atoms with E-state index >= 15 is 0 Å². The molecule has 2 aliphatic rings. The average Bonchev–Trinajstić information content (AvgIpc) is 3.32. The van der Waals surface area contributed by atoms with E-state index in [9.17, 15) is 0 Å². The summed E-state index contributed by atoms with van der Waals surface area (Å²) >= 11 is 1.53.